The van der Waals surface area contributed by atoms with Gasteiger partial charge in [0.2, 0.25) is 0 Å². The van der Waals surface area contributed by atoms with Crippen molar-refractivity contribution in [1.29, 1.82) is 36.8 Å². The first-order valence-electron chi connectivity index (χ1n) is 13.8. The Kier molecular flexibility index (Phi) is 90.8. The largest absolute Gasteiger partial charge is 0.412 e. The van der Waals surface area contributed by atoms with Gasteiger partial charge in [0.05, 0.1) is 28.5 Å². The second-order valence-electron chi connectivity index (χ2n) is 7.31. The predicted molar refractivity (Wildman–Crippen MR) is 239 cm³/mol. The van der Waals surface area contributed by atoms with Gasteiger partial charge in [0.15, 0.2) is 11.4 Å². The summed E-state index contributed by atoms with van der Waals surface area (Å²) in [5.41, 5.74) is 6.19. The Morgan fingerprint density at radius 2 is 1.04 bits per heavy atom. The van der Waals surface area contributed by atoms with Gasteiger partial charge in [-0.25, -0.2) is 0 Å². The van der Waals surface area contributed by atoms with Gasteiger partial charge in [-0.1, -0.05) is 39.8 Å². The Morgan fingerprint density at radius 1 is 0.768 bits per heavy atom. The molecule has 0 saturated heterocycles. The number of aryl methyl sites for hydroxylation is 1. The van der Waals surface area contributed by atoms with Crippen LogP contribution >= 0.6 is 118 Å². The summed E-state index contributed by atoms with van der Waals surface area (Å²) in [6.45, 7) is 16.6. The minimum absolute atomic E-state index is 0. The molecule has 1 aromatic heterocycles. The number of rotatable bonds is 3. The van der Waals surface area contributed by atoms with E-state index in [0.717, 1.165) is 5.69 Å². The smallest absolute Gasteiger partial charge is 0.122 e. The number of aliphatic hydroxyl groups excluding tert-OH is 2. The maximum atomic E-state index is 8.45. The molecule has 11 N–H and O–H groups in total. The van der Waals surface area contributed by atoms with Crippen LogP contribution in [0.15, 0.2) is 21.9 Å². The average molecular weight is 1010 g/mol. The van der Waals surface area contributed by atoms with Crippen LogP contribution < -0.4 is 17.4 Å². The molecule has 0 aliphatic rings. The maximum Gasteiger partial charge on any atom is 0.122 e. The summed E-state index contributed by atoms with van der Waals surface area (Å²) >= 11 is 49.2. The van der Waals surface area contributed by atoms with Gasteiger partial charge in [-0.2, -0.15) is 41.9 Å². The number of hydrogen-bond acceptors (Lipinski definition) is 14. The Morgan fingerprint density at radius 3 is 1.07 bits per heavy atom. The van der Waals surface area contributed by atoms with Crippen LogP contribution in [-0.4, -0.2) is 67.7 Å². The Hall–Kier alpha value is -2.15. The van der Waals surface area contributed by atoms with Crippen molar-refractivity contribution in [3.8, 4) is 42.5 Å². The molecule has 0 unspecified atom stereocenters. The van der Waals surface area contributed by atoms with E-state index < -0.39 is 3.37 Å². The number of aromatic nitrogens is 2. The zero-order valence-electron chi connectivity index (χ0n) is 30.8. The molecule has 27 heteroatoms. The number of aromatic amines is 1. The van der Waals surface area contributed by atoms with E-state index in [4.69, 9.17) is 167 Å². The molecule has 324 valence electrons. The van der Waals surface area contributed by atoms with E-state index >= 15 is 0 Å². The average Bonchev–Trinajstić information content (AvgIpc) is 3.41. The van der Waals surface area contributed by atoms with Crippen molar-refractivity contribution in [1.82, 2.24) is 15.1 Å². The summed E-state index contributed by atoms with van der Waals surface area (Å²) in [5.74, 6) is 8.05. The molecular formula is C29H50Cl10N13O3P. The molecule has 0 radical (unpaired) electrons. The molecule has 1 heterocycles. The van der Waals surface area contributed by atoms with Crippen LogP contribution in [0.3, 0.4) is 0 Å². The van der Waals surface area contributed by atoms with Crippen molar-refractivity contribution >= 4 is 123 Å². The summed E-state index contributed by atoms with van der Waals surface area (Å²) < 4.78 is -3.69. The van der Waals surface area contributed by atoms with Gasteiger partial charge in [-0.3, -0.25) is 16.8 Å². The van der Waals surface area contributed by atoms with Crippen molar-refractivity contribution in [2.75, 3.05) is 42.7 Å². The molecule has 1 aromatic rings. The third-order valence-electron chi connectivity index (χ3n) is 3.74. The fourth-order valence-corrected chi connectivity index (χ4v) is 1.75. The maximum absolute atomic E-state index is 8.45. The summed E-state index contributed by atoms with van der Waals surface area (Å²) in [7, 11) is 0. The first-order chi connectivity index (χ1) is 24.9. The monoisotopic (exact) mass is 1010 g/mol. The van der Waals surface area contributed by atoms with E-state index in [1.807, 2.05) is 6.07 Å². The Balaban J connectivity index is -0.0000000458. The Labute approximate surface area is 380 Å². The molecule has 0 aliphatic carbocycles. The summed E-state index contributed by atoms with van der Waals surface area (Å²) in [6, 6.07) is 11.6. The quantitative estimate of drug-likeness (QED) is 0.0410. The van der Waals surface area contributed by atoms with E-state index in [9.17, 15) is 0 Å². The summed E-state index contributed by atoms with van der Waals surface area (Å²) in [6.07, 6.45) is 0. The molecule has 0 aromatic carbocycles. The number of nitrogens with one attached hydrogen (secondary N) is 1. The SMILES string of the molecule is C.CC(Cl)=C(C#N)C#N.CC(O)=C(C#N)C#N.CCN(CC)CC.CCO.Cc1[nH]nc(N)c1C#N.ClCCl.ClCCl.ClP(Cl)(Cl)(Cl)Cl.N#CCC#N.NN.O. The zero-order valence-corrected chi connectivity index (χ0v) is 39.3. The van der Waals surface area contributed by atoms with E-state index in [-0.39, 0.29) is 64.4 Å². The number of hydrazine groups is 1. The van der Waals surface area contributed by atoms with Crippen molar-refractivity contribution in [2.24, 2.45) is 11.7 Å². The number of H-pyrrole nitrogens is 1. The first kappa shape index (κ1) is 81.9. The van der Waals surface area contributed by atoms with Crippen LogP contribution in [-0.2, 0) is 0 Å². The number of alkyl halides is 4. The number of allylic oxidation sites excluding steroid dienone is 4. The molecule has 16 nitrogen and oxygen atoms in total. The molecule has 0 fully saturated rings. The minimum Gasteiger partial charge on any atom is -0.412 e. The fourth-order valence-electron chi connectivity index (χ4n) is 1.66. The molecule has 56 heavy (non-hydrogen) atoms. The van der Waals surface area contributed by atoms with Crippen LogP contribution in [0, 0.1) is 86.2 Å². The van der Waals surface area contributed by atoms with Crippen LogP contribution in [0.1, 0.15) is 66.6 Å². The van der Waals surface area contributed by atoms with Gasteiger partial charge in [0, 0.05) is 11.6 Å². The van der Waals surface area contributed by atoms with Gasteiger partial charge >= 0.3 is 59.6 Å². The van der Waals surface area contributed by atoms with Crippen molar-refractivity contribution in [3.05, 3.63) is 33.2 Å². The standard InChI is InChI=1S/C6H15N.C5H3ClN2.C5H6N4.C5H4N2O.C3H2N2.C2H6O.2CH2Cl2.CH4.Cl5P.H4N2.H2O/c1-4-7(5-2)6-3;1-4(6)5(2-7)3-8;1-3-4(2-6)5(7)9-8-3;1-4(8)5(2-6)3-7;4-2-1-3-5;1-2-3;2*2-1-3;;1-6(2,3,4)5;1-2;/h4-6H2,1-3H3;1H3;1H3,(H3,7,8,9);8H,1H3;1H2;3H,2H2,1H3;2*1H2;1H4;;1-2H2;1H2. The van der Waals surface area contributed by atoms with Gasteiger partial charge in [0.1, 0.15) is 53.7 Å². The third-order valence-corrected chi connectivity index (χ3v) is 3.93. The molecule has 0 amide bonds. The Bertz CT molecular complexity index is 1260. The van der Waals surface area contributed by atoms with Crippen LogP contribution in [0.25, 0.3) is 0 Å². The van der Waals surface area contributed by atoms with Crippen LogP contribution in [0.4, 0.5) is 5.82 Å². The zero-order chi connectivity index (χ0) is 45.4. The molecule has 0 aliphatic heterocycles. The number of nitrogen functional groups attached to an aromatic ring is 1. The number of aliphatic hydroxyl groups is 2. The van der Waals surface area contributed by atoms with Gasteiger partial charge in [-0.05, 0) is 47.3 Å². The molecule has 0 atom stereocenters. The molecule has 1 rings (SSSR count). The fraction of sp³-hybridized carbons (Fsp3) is 0.517. The molecule has 0 spiro atoms. The van der Waals surface area contributed by atoms with Crippen molar-refractivity contribution < 1.29 is 15.7 Å². The van der Waals surface area contributed by atoms with Crippen molar-refractivity contribution in [2.45, 2.75) is 62.3 Å². The third kappa shape index (κ3) is 98.7. The topological polar surface area (TPSA) is 348 Å². The van der Waals surface area contributed by atoms with E-state index in [2.05, 4.69) is 47.6 Å². The number of halogens is 10. The second-order valence-corrected chi connectivity index (χ2v) is 26.1. The number of nitrogens with zero attached hydrogens (tertiary/aromatic N) is 9. The summed E-state index contributed by atoms with van der Waals surface area (Å²) in [5, 5.41) is 78.6. The molecular weight excluding hydrogens is 964 g/mol. The van der Waals surface area contributed by atoms with Gasteiger partial charge in [0.25, 0.3) is 0 Å². The van der Waals surface area contributed by atoms with E-state index in [1.165, 1.54) is 45.6 Å². The normalized spacial score (nSPS) is 8.07. The predicted octanol–water partition coefficient (Wildman–Crippen LogP) is 10.1. The number of nitriles is 7. The van der Waals surface area contributed by atoms with Crippen LogP contribution in [0.5, 0.6) is 0 Å². The van der Waals surface area contributed by atoms with E-state index in [1.54, 1.807) is 38.1 Å². The minimum atomic E-state index is -3.69. The number of anilines is 1. The molecule has 0 saturated carbocycles. The number of nitrogens with two attached hydrogens (primary N) is 3. The number of hydrogen-bond donors (Lipinski definition) is 6. The van der Waals surface area contributed by atoms with Gasteiger partial charge < -0.3 is 26.3 Å². The summed E-state index contributed by atoms with van der Waals surface area (Å²) in [4.78, 5) is 2.38. The van der Waals surface area contributed by atoms with Crippen LogP contribution in [0.2, 0.25) is 0 Å². The van der Waals surface area contributed by atoms with Gasteiger partial charge in [-0.15, -0.1) is 46.4 Å². The van der Waals surface area contributed by atoms with Crippen molar-refractivity contribution in [3.63, 3.8) is 0 Å². The second kappa shape index (κ2) is 62.1. The first-order valence-corrected chi connectivity index (χ1v) is 23.0. The molecule has 0 bridgehead atoms. The van der Waals surface area contributed by atoms with E-state index in [0.29, 0.717) is 5.56 Å².